The second-order valence-electron chi connectivity index (χ2n) is 6.44. The van der Waals surface area contributed by atoms with Gasteiger partial charge in [0.1, 0.15) is 0 Å². The zero-order chi connectivity index (χ0) is 20.1. The normalized spacial score (nSPS) is 15.2. The number of carbonyl (C=O) groups is 2. The van der Waals surface area contributed by atoms with Crippen molar-refractivity contribution >= 4 is 21.8 Å². The third-order valence-electron chi connectivity index (χ3n) is 4.59. The molecule has 2 amide bonds. The van der Waals surface area contributed by atoms with E-state index in [9.17, 15) is 18.0 Å². The van der Waals surface area contributed by atoms with E-state index in [0.717, 1.165) is 5.69 Å². The molecule has 0 unspecified atom stereocenters. The standard InChI is InChI=1S/C19H22N4O4S/c1-15(24)22-10-12-23(13-11-22)28(26,27)18-7-5-16(6-8-18)19(25)21-14-17-4-2-3-9-20-17/h2-9H,10-14H2,1H3,(H,21,25). The first-order valence-electron chi connectivity index (χ1n) is 8.92. The summed E-state index contributed by atoms with van der Waals surface area (Å²) in [6.07, 6.45) is 1.65. The molecular formula is C19H22N4O4S. The molecule has 1 aromatic carbocycles. The lowest BCUT2D eigenvalue weighted by atomic mass is 10.2. The Bertz CT molecular complexity index is 938. The Kier molecular flexibility index (Phi) is 6.05. The average molecular weight is 402 g/mol. The zero-order valence-electron chi connectivity index (χ0n) is 15.5. The van der Waals surface area contributed by atoms with Crippen LogP contribution in [-0.4, -0.2) is 60.6 Å². The van der Waals surface area contributed by atoms with Gasteiger partial charge in [-0.05, 0) is 36.4 Å². The summed E-state index contributed by atoms with van der Waals surface area (Å²) in [6.45, 7) is 3.04. The molecule has 0 saturated carbocycles. The van der Waals surface area contributed by atoms with E-state index in [0.29, 0.717) is 25.2 Å². The van der Waals surface area contributed by atoms with Gasteiger partial charge < -0.3 is 10.2 Å². The van der Waals surface area contributed by atoms with Crippen molar-refractivity contribution in [3.63, 3.8) is 0 Å². The number of amides is 2. The number of pyridine rings is 1. The lowest BCUT2D eigenvalue weighted by molar-refractivity contribution is -0.129. The first-order chi connectivity index (χ1) is 13.4. The quantitative estimate of drug-likeness (QED) is 0.800. The summed E-state index contributed by atoms with van der Waals surface area (Å²) in [5.41, 5.74) is 1.11. The van der Waals surface area contributed by atoms with Crippen LogP contribution in [0.1, 0.15) is 23.0 Å². The number of nitrogens with one attached hydrogen (secondary N) is 1. The molecule has 1 aliphatic rings. The lowest BCUT2D eigenvalue weighted by Gasteiger charge is -2.33. The first kappa shape index (κ1) is 20.0. The van der Waals surface area contributed by atoms with E-state index in [4.69, 9.17) is 0 Å². The first-order valence-corrected chi connectivity index (χ1v) is 10.4. The van der Waals surface area contributed by atoms with Crippen LogP contribution in [-0.2, 0) is 21.4 Å². The minimum absolute atomic E-state index is 0.0573. The number of hydrogen-bond acceptors (Lipinski definition) is 5. The van der Waals surface area contributed by atoms with Gasteiger partial charge in [-0.2, -0.15) is 4.31 Å². The molecule has 0 bridgehead atoms. The molecule has 8 nitrogen and oxygen atoms in total. The van der Waals surface area contributed by atoms with E-state index >= 15 is 0 Å². The van der Waals surface area contributed by atoms with Crippen molar-refractivity contribution in [1.29, 1.82) is 0 Å². The highest BCUT2D eigenvalue weighted by atomic mass is 32.2. The van der Waals surface area contributed by atoms with Gasteiger partial charge in [-0.15, -0.1) is 0 Å². The molecule has 1 fully saturated rings. The summed E-state index contributed by atoms with van der Waals surface area (Å²) in [5.74, 6) is -0.359. The molecule has 3 rings (SSSR count). The third-order valence-corrected chi connectivity index (χ3v) is 6.51. The van der Waals surface area contributed by atoms with Crippen molar-refractivity contribution in [2.75, 3.05) is 26.2 Å². The van der Waals surface area contributed by atoms with Crippen molar-refractivity contribution in [1.82, 2.24) is 19.5 Å². The van der Waals surface area contributed by atoms with Crippen molar-refractivity contribution < 1.29 is 18.0 Å². The molecule has 0 radical (unpaired) electrons. The maximum atomic E-state index is 12.8. The molecule has 1 N–H and O–H groups in total. The molecular weight excluding hydrogens is 380 g/mol. The summed E-state index contributed by atoms with van der Waals surface area (Å²) in [6, 6.07) is 11.3. The van der Waals surface area contributed by atoms with Crippen LogP contribution in [0, 0.1) is 0 Å². The van der Waals surface area contributed by atoms with Gasteiger partial charge in [0.05, 0.1) is 17.1 Å². The van der Waals surface area contributed by atoms with Crippen molar-refractivity contribution in [2.24, 2.45) is 0 Å². The van der Waals surface area contributed by atoms with Crippen LogP contribution in [0.5, 0.6) is 0 Å². The van der Waals surface area contributed by atoms with E-state index in [-0.39, 0.29) is 29.8 Å². The Labute approximate surface area is 164 Å². The molecule has 1 saturated heterocycles. The largest absolute Gasteiger partial charge is 0.346 e. The molecule has 2 aromatic rings. The molecule has 1 aromatic heterocycles. The van der Waals surface area contributed by atoms with Crippen molar-refractivity contribution in [3.05, 3.63) is 59.9 Å². The number of piperazine rings is 1. The number of aromatic nitrogens is 1. The number of carbonyl (C=O) groups excluding carboxylic acids is 2. The van der Waals surface area contributed by atoms with Gasteiger partial charge in [0.25, 0.3) is 5.91 Å². The third kappa shape index (κ3) is 4.55. The second-order valence-corrected chi connectivity index (χ2v) is 8.38. The van der Waals surface area contributed by atoms with E-state index in [1.54, 1.807) is 17.2 Å². The predicted molar refractivity (Wildman–Crippen MR) is 103 cm³/mol. The van der Waals surface area contributed by atoms with Crippen LogP contribution in [0.15, 0.2) is 53.6 Å². The molecule has 0 atom stereocenters. The molecule has 2 heterocycles. The fourth-order valence-corrected chi connectivity index (χ4v) is 4.37. The Hall–Kier alpha value is -2.78. The predicted octanol–water partition coefficient (Wildman–Crippen LogP) is 0.864. The van der Waals surface area contributed by atoms with Crippen LogP contribution >= 0.6 is 0 Å². The smallest absolute Gasteiger partial charge is 0.251 e. The van der Waals surface area contributed by atoms with Gasteiger partial charge in [0.2, 0.25) is 15.9 Å². The Morgan fingerprint density at radius 2 is 1.71 bits per heavy atom. The average Bonchev–Trinajstić information content (AvgIpc) is 2.73. The monoisotopic (exact) mass is 402 g/mol. The molecule has 148 valence electrons. The van der Waals surface area contributed by atoms with Crippen LogP contribution in [0.4, 0.5) is 0 Å². The fraction of sp³-hybridized carbons (Fsp3) is 0.316. The minimum atomic E-state index is -3.66. The molecule has 28 heavy (non-hydrogen) atoms. The molecule has 1 aliphatic heterocycles. The van der Waals surface area contributed by atoms with Gasteiger partial charge in [-0.25, -0.2) is 8.42 Å². The second kappa shape index (κ2) is 8.49. The van der Waals surface area contributed by atoms with Gasteiger partial charge in [-0.1, -0.05) is 6.07 Å². The maximum Gasteiger partial charge on any atom is 0.251 e. The van der Waals surface area contributed by atoms with E-state index in [1.807, 2.05) is 12.1 Å². The van der Waals surface area contributed by atoms with Crippen LogP contribution in [0.3, 0.4) is 0 Å². The number of hydrogen-bond donors (Lipinski definition) is 1. The summed E-state index contributed by atoms with van der Waals surface area (Å²) in [7, 11) is -3.66. The number of benzene rings is 1. The van der Waals surface area contributed by atoms with Crippen LogP contribution < -0.4 is 5.32 Å². The lowest BCUT2D eigenvalue weighted by Crippen LogP contribution is -2.49. The summed E-state index contributed by atoms with van der Waals surface area (Å²) in [5, 5.41) is 2.75. The summed E-state index contributed by atoms with van der Waals surface area (Å²) < 4.78 is 26.9. The molecule has 9 heteroatoms. The molecule has 0 spiro atoms. The summed E-state index contributed by atoms with van der Waals surface area (Å²) in [4.78, 5) is 29.5. The van der Waals surface area contributed by atoms with Gasteiger partial charge in [-0.3, -0.25) is 14.6 Å². The van der Waals surface area contributed by atoms with E-state index in [2.05, 4.69) is 10.3 Å². The van der Waals surface area contributed by atoms with E-state index < -0.39 is 10.0 Å². The Morgan fingerprint density at radius 1 is 1.04 bits per heavy atom. The highest BCUT2D eigenvalue weighted by Gasteiger charge is 2.29. The molecule has 0 aliphatic carbocycles. The highest BCUT2D eigenvalue weighted by molar-refractivity contribution is 7.89. The highest BCUT2D eigenvalue weighted by Crippen LogP contribution is 2.18. The topological polar surface area (TPSA) is 99.7 Å². The van der Waals surface area contributed by atoms with Gasteiger partial charge >= 0.3 is 0 Å². The Morgan fingerprint density at radius 3 is 2.29 bits per heavy atom. The van der Waals surface area contributed by atoms with Gasteiger partial charge in [0.15, 0.2) is 0 Å². The minimum Gasteiger partial charge on any atom is -0.346 e. The van der Waals surface area contributed by atoms with Crippen molar-refractivity contribution in [3.8, 4) is 0 Å². The Balaban J connectivity index is 1.63. The van der Waals surface area contributed by atoms with Crippen LogP contribution in [0.2, 0.25) is 0 Å². The fourth-order valence-electron chi connectivity index (χ4n) is 2.95. The van der Waals surface area contributed by atoms with Gasteiger partial charge in [0, 0.05) is 44.9 Å². The number of sulfonamides is 1. The van der Waals surface area contributed by atoms with Crippen LogP contribution in [0.25, 0.3) is 0 Å². The maximum absolute atomic E-state index is 12.8. The zero-order valence-corrected chi connectivity index (χ0v) is 16.4. The summed E-state index contributed by atoms with van der Waals surface area (Å²) >= 11 is 0. The van der Waals surface area contributed by atoms with E-state index in [1.165, 1.54) is 35.5 Å². The number of nitrogens with zero attached hydrogens (tertiary/aromatic N) is 3. The van der Waals surface area contributed by atoms with Crippen molar-refractivity contribution in [2.45, 2.75) is 18.4 Å². The number of rotatable bonds is 5. The SMILES string of the molecule is CC(=O)N1CCN(S(=O)(=O)c2ccc(C(=O)NCc3ccccn3)cc2)CC1.